The van der Waals surface area contributed by atoms with Crippen LogP contribution in [0, 0.1) is 0 Å². The Hall–Kier alpha value is -0.590. The Bertz CT molecular complexity index is 590. The van der Waals surface area contributed by atoms with Gasteiger partial charge in [0.05, 0.1) is 17.5 Å². The highest BCUT2D eigenvalue weighted by molar-refractivity contribution is 9.10. The molecule has 2 rings (SSSR count). The number of hydrogen-bond acceptors (Lipinski definition) is 3. The molecule has 1 heterocycles. The van der Waals surface area contributed by atoms with Gasteiger partial charge >= 0.3 is 0 Å². The van der Waals surface area contributed by atoms with Crippen molar-refractivity contribution in [3.05, 3.63) is 28.7 Å². The summed E-state index contributed by atoms with van der Waals surface area (Å²) in [6.07, 6.45) is 0.456. The van der Waals surface area contributed by atoms with Gasteiger partial charge in [-0.15, -0.1) is 11.6 Å². The van der Waals surface area contributed by atoms with E-state index >= 15 is 0 Å². The van der Waals surface area contributed by atoms with Crippen LogP contribution in [0.1, 0.15) is 6.42 Å². The summed E-state index contributed by atoms with van der Waals surface area (Å²) < 4.78 is 24.0. The molecular weight excluding hydrogens is 354 g/mol. The van der Waals surface area contributed by atoms with Crippen molar-refractivity contribution in [2.45, 2.75) is 12.5 Å². The maximum atomic E-state index is 12.0. The summed E-state index contributed by atoms with van der Waals surface area (Å²) in [5, 5.41) is 0. The summed E-state index contributed by atoms with van der Waals surface area (Å²) in [5.41, 5.74) is 0.669. The van der Waals surface area contributed by atoms with Crippen LogP contribution in [0.15, 0.2) is 28.7 Å². The van der Waals surface area contributed by atoms with E-state index in [9.17, 15) is 13.2 Å². The van der Waals surface area contributed by atoms with Crippen LogP contribution in [-0.2, 0) is 14.6 Å². The number of alkyl halides is 1. The van der Waals surface area contributed by atoms with Gasteiger partial charge in [0.25, 0.3) is 0 Å². The smallest absolute Gasteiger partial charge is 0.242 e. The van der Waals surface area contributed by atoms with Gasteiger partial charge in [0, 0.05) is 10.2 Å². The largest absolute Gasteiger partial charge is 0.307 e. The highest BCUT2D eigenvalue weighted by Gasteiger charge is 2.35. The second-order valence-electron chi connectivity index (χ2n) is 4.43. The number of benzene rings is 1. The van der Waals surface area contributed by atoms with Crippen LogP contribution in [-0.4, -0.2) is 37.8 Å². The fourth-order valence-electron chi connectivity index (χ4n) is 2.23. The first kappa shape index (κ1) is 14.8. The van der Waals surface area contributed by atoms with Crippen LogP contribution in [0.4, 0.5) is 5.69 Å². The third-order valence-electron chi connectivity index (χ3n) is 3.04. The Kier molecular flexibility index (Phi) is 4.53. The summed E-state index contributed by atoms with van der Waals surface area (Å²) in [7, 11) is -3.05. The second kappa shape index (κ2) is 5.81. The van der Waals surface area contributed by atoms with Crippen LogP contribution in [0.5, 0.6) is 0 Å². The highest BCUT2D eigenvalue weighted by Crippen LogP contribution is 2.27. The maximum Gasteiger partial charge on any atom is 0.242 e. The lowest BCUT2D eigenvalue weighted by molar-refractivity contribution is -0.116. The lowest BCUT2D eigenvalue weighted by Crippen LogP contribution is -2.42. The van der Waals surface area contributed by atoms with Gasteiger partial charge in [-0.1, -0.05) is 22.0 Å². The molecule has 1 saturated heterocycles. The fraction of sp³-hybridized carbons (Fsp3) is 0.417. The summed E-state index contributed by atoms with van der Waals surface area (Å²) >= 11 is 8.98. The first-order valence-electron chi connectivity index (χ1n) is 5.77. The molecule has 0 aliphatic carbocycles. The number of anilines is 1. The van der Waals surface area contributed by atoms with E-state index in [4.69, 9.17) is 11.6 Å². The van der Waals surface area contributed by atoms with Gasteiger partial charge < -0.3 is 4.90 Å². The monoisotopic (exact) mass is 365 g/mol. The van der Waals surface area contributed by atoms with Crippen molar-refractivity contribution in [2.75, 3.05) is 22.3 Å². The van der Waals surface area contributed by atoms with Crippen molar-refractivity contribution in [1.29, 1.82) is 0 Å². The van der Waals surface area contributed by atoms with Crippen molar-refractivity contribution >= 4 is 49.0 Å². The average molecular weight is 367 g/mol. The summed E-state index contributed by atoms with van der Waals surface area (Å²) in [5.74, 6) is -0.315. The molecule has 0 saturated carbocycles. The molecule has 19 heavy (non-hydrogen) atoms. The molecule has 1 aromatic carbocycles. The van der Waals surface area contributed by atoms with Gasteiger partial charge in [-0.05, 0) is 24.6 Å². The molecule has 0 spiro atoms. The molecule has 0 aromatic heterocycles. The number of nitrogens with zero attached hydrogens (tertiary/aromatic N) is 1. The van der Waals surface area contributed by atoms with E-state index < -0.39 is 9.84 Å². The minimum Gasteiger partial charge on any atom is -0.307 e. The van der Waals surface area contributed by atoms with E-state index in [1.165, 1.54) is 4.90 Å². The molecule has 1 amide bonds. The predicted molar refractivity (Wildman–Crippen MR) is 79.4 cm³/mol. The van der Waals surface area contributed by atoms with Crippen LogP contribution in [0.3, 0.4) is 0 Å². The van der Waals surface area contributed by atoms with E-state index in [-0.39, 0.29) is 29.3 Å². The predicted octanol–water partition coefficient (Wildman–Crippen LogP) is 2.21. The van der Waals surface area contributed by atoms with E-state index in [1.807, 2.05) is 6.07 Å². The van der Waals surface area contributed by atoms with Crippen LogP contribution >= 0.6 is 27.5 Å². The molecule has 1 aliphatic rings. The normalized spacial score (nSPS) is 21.3. The molecule has 1 aliphatic heterocycles. The van der Waals surface area contributed by atoms with Gasteiger partial charge in [-0.25, -0.2) is 8.42 Å². The van der Waals surface area contributed by atoms with Gasteiger partial charge in [-0.3, -0.25) is 4.79 Å². The maximum absolute atomic E-state index is 12.0. The van der Waals surface area contributed by atoms with E-state index in [2.05, 4.69) is 15.9 Å². The molecule has 0 N–H and O–H groups in total. The Morgan fingerprint density at radius 3 is 2.74 bits per heavy atom. The lowest BCUT2D eigenvalue weighted by Gasteiger charge is -2.27. The van der Waals surface area contributed by atoms with Crippen LogP contribution < -0.4 is 4.90 Å². The zero-order valence-corrected chi connectivity index (χ0v) is 13.2. The Labute approximate surface area is 125 Å². The van der Waals surface area contributed by atoms with Gasteiger partial charge in [-0.2, -0.15) is 0 Å². The zero-order valence-electron chi connectivity index (χ0n) is 10.1. The minimum atomic E-state index is -3.05. The SMILES string of the molecule is O=C(CCl)N(c1cccc(Br)c1)[C@H]1CCS(=O)(=O)C1. The molecule has 0 radical (unpaired) electrons. The molecular formula is C12H13BrClNO3S. The molecule has 1 aromatic rings. The van der Waals surface area contributed by atoms with Crippen LogP contribution in [0.2, 0.25) is 0 Å². The Morgan fingerprint density at radius 1 is 1.47 bits per heavy atom. The second-order valence-corrected chi connectivity index (χ2v) is 7.85. The van der Waals surface area contributed by atoms with E-state index in [0.717, 1.165) is 4.47 Å². The van der Waals surface area contributed by atoms with Gasteiger partial charge in [0.1, 0.15) is 5.88 Å². The fourth-order valence-corrected chi connectivity index (χ4v) is 4.44. The van der Waals surface area contributed by atoms with Crippen molar-refractivity contribution in [2.24, 2.45) is 0 Å². The Morgan fingerprint density at radius 2 is 2.21 bits per heavy atom. The van der Waals surface area contributed by atoms with Crippen molar-refractivity contribution in [1.82, 2.24) is 0 Å². The van der Waals surface area contributed by atoms with Crippen LogP contribution in [0.25, 0.3) is 0 Å². The molecule has 104 valence electrons. The third-order valence-corrected chi connectivity index (χ3v) is 5.52. The molecule has 0 unspecified atom stereocenters. The first-order valence-corrected chi connectivity index (χ1v) is 8.92. The summed E-state index contributed by atoms with van der Waals surface area (Å²) in [4.78, 5) is 13.5. The lowest BCUT2D eigenvalue weighted by atomic mass is 10.2. The van der Waals surface area contributed by atoms with Crippen molar-refractivity contribution in [3.8, 4) is 0 Å². The number of halogens is 2. The standard InChI is InChI=1S/C12H13BrClNO3S/c13-9-2-1-3-10(6-9)15(12(16)7-14)11-4-5-19(17,18)8-11/h1-3,6,11H,4-5,7-8H2/t11-/m0/s1. The van der Waals surface area contributed by atoms with Gasteiger partial charge in [0.15, 0.2) is 9.84 Å². The number of hydrogen-bond donors (Lipinski definition) is 0. The molecule has 1 atom stereocenters. The molecule has 7 heteroatoms. The number of carbonyl (C=O) groups excluding carboxylic acids is 1. The average Bonchev–Trinajstić information content (AvgIpc) is 2.69. The first-order chi connectivity index (χ1) is 8.93. The van der Waals surface area contributed by atoms with Gasteiger partial charge in [0.2, 0.25) is 5.91 Å². The molecule has 4 nitrogen and oxygen atoms in total. The quantitative estimate of drug-likeness (QED) is 0.771. The number of amides is 1. The van der Waals surface area contributed by atoms with Crippen molar-refractivity contribution in [3.63, 3.8) is 0 Å². The third kappa shape index (κ3) is 3.49. The number of sulfone groups is 1. The van der Waals surface area contributed by atoms with E-state index in [1.54, 1.807) is 18.2 Å². The minimum absolute atomic E-state index is 0.00213. The van der Waals surface area contributed by atoms with Crippen molar-refractivity contribution < 1.29 is 13.2 Å². The molecule has 0 bridgehead atoms. The Balaban J connectivity index is 2.35. The molecule has 1 fully saturated rings. The topological polar surface area (TPSA) is 54.5 Å². The number of rotatable bonds is 3. The zero-order chi connectivity index (χ0) is 14.0. The number of carbonyl (C=O) groups is 1. The highest BCUT2D eigenvalue weighted by atomic mass is 79.9. The summed E-state index contributed by atoms with van der Waals surface area (Å²) in [6, 6.07) is 6.89. The summed E-state index contributed by atoms with van der Waals surface area (Å²) in [6.45, 7) is 0. The van der Waals surface area contributed by atoms with E-state index in [0.29, 0.717) is 12.1 Å².